The number of nitrogens with one attached hydrogen (secondary N) is 1. The van der Waals surface area contributed by atoms with Gasteiger partial charge in [-0.15, -0.1) is 6.58 Å². The third kappa shape index (κ3) is 8.55. The molecule has 69 valence electrons. The minimum absolute atomic E-state index is 0.157. The van der Waals surface area contributed by atoms with Crippen LogP contribution < -0.4 is 5.32 Å². The number of hydrogen-bond donors (Lipinski definition) is 1. The predicted molar refractivity (Wildman–Crippen MR) is 58.5 cm³/mol. The molecule has 0 aliphatic heterocycles. The summed E-state index contributed by atoms with van der Waals surface area (Å²) in [5, 5.41) is 2.34. The summed E-state index contributed by atoms with van der Waals surface area (Å²) in [6.07, 6.45) is 0.919. The van der Waals surface area contributed by atoms with Gasteiger partial charge in [-0.1, -0.05) is 53.9 Å². The van der Waals surface area contributed by atoms with Crippen molar-refractivity contribution in [2.45, 2.75) is 2.14 Å². The van der Waals surface area contributed by atoms with Gasteiger partial charge >= 0.3 is 6.09 Å². The van der Waals surface area contributed by atoms with Gasteiger partial charge in [-0.2, -0.15) is 0 Å². The molecule has 1 radical (unpaired) electrons. The van der Waals surface area contributed by atoms with E-state index in [1.165, 1.54) is 12.6 Å². The molecule has 0 aliphatic rings. The predicted octanol–water partition coefficient (Wildman–Crippen LogP) is 2.90. The van der Waals surface area contributed by atoms with Gasteiger partial charge in [-0.05, 0) is 0 Å². The van der Waals surface area contributed by atoms with E-state index in [0.717, 1.165) is 0 Å². The number of carbonyl (C=O) groups excluding carboxylic acids is 1. The molecule has 0 fully saturated rings. The SMILES string of the molecule is C=C[CH]NC(=O)OCC(Br)(Br)Br. The first-order valence-electron chi connectivity index (χ1n) is 2.90. The van der Waals surface area contributed by atoms with Crippen LogP contribution in [0.1, 0.15) is 0 Å². The number of hydrogen-bond acceptors (Lipinski definition) is 2. The summed E-state index contributed by atoms with van der Waals surface area (Å²) in [6.45, 7) is 4.93. The van der Waals surface area contributed by atoms with E-state index in [4.69, 9.17) is 4.74 Å². The molecule has 0 aromatic rings. The first-order chi connectivity index (χ1) is 5.45. The Bertz CT molecular complexity index is 167. The van der Waals surface area contributed by atoms with E-state index in [1.54, 1.807) is 0 Å². The molecule has 0 saturated carbocycles. The lowest BCUT2D eigenvalue weighted by atomic mass is 10.6. The van der Waals surface area contributed by atoms with E-state index in [2.05, 4.69) is 59.7 Å². The maximum Gasteiger partial charge on any atom is 0.407 e. The van der Waals surface area contributed by atoms with Crippen LogP contribution >= 0.6 is 47.8 Å². The Balaban J connectivity index is 3.51. The van der Waals surface area contributed by atoms with Crippen molar-refractivity contribution in [3.05, 3.63) is 19.2 Å². The minimum atomic E-state index is -0.557. The molecule has 0 aliphatic carbocycles. The summed E-state index contributed by atoms with van der Waals surface area (Å²) in [7, 11) is 0. The van der Waals surface area contributed by atoms with E-state index in [1.807, 2.05) is 0 Å². The molecule has 0 aromatic carbocycles. The largest absolute Gasteiger partial charge is 0.446 e. The highest BCUT2D eigenvalue weighted by molar-refractivity contribution is 9.39. The Hall–Kier alpha value is 0.450. The van der Waals surface area contributed by atoms with Crippen LogP contribution in [0.25, 0.3) is 0 Å². The molecule has 0 heterocycles. The van der Waals surface area contributed by atoms with Crippen molar-refractivity contribution in [3.63, 3.8) is 0 Å². The molecule has 0 rings (SSSR count). The van der Waals surface area contributed by atoms with Crippen LogP contribution in [0.2, 0.25) is 0 Å². The summed E-state index contributed by atoms with van der Waals surface area (Å²) >= 11 is 9.52. The second-order valence-corrected chi connectivity index (χ2v) is 8.99. The van der Waals surface area contributed by atoms with Gasteiger partial charge < -0.3 is 10.1 Å². The average Bonchev–Trinajstić information content (AvgIpc) is 1.95. The normalized spacial score (nSPS) is 10.6. The molecule has 0 spiro atoms. The minimum Gasteiger partial charge on any atom is -0.446 e. The molecular weight excluding hydrogens is 358 g/mol. The third-order valence-corrected chi connectivity index (χ3v) is 1.37. The molecule has 1 amide bonds. The van der Waals surface area contributed by atoms with Crippen molar-refractivity contribution in [2.24, 2.45) is 0 Å². The van der Waals surface area contributed by atoms with E-state index < -0.39 is 8.24 Å². The number of carbonyl (C=O) groups is 1. The zero-order chi connectivity index (χ0) is 9.61. The fraction of sp³-hybridized carbons (Fsp3) is 0.333. The standard InChI is InChI=1S/C6H7Br3NO2/c1-2-3-10-5(11)12-4-6(7,8)9/h2-3H,1,4H2,(H,10,11). The summed E-state index contributed by atoms with van der Waals surface area (Å²) in [4.78, 5) is 10.8. The number of rotatable bonds is 3. The summed E-state index contributed by atoms with van der Waals surface area (Å²) in [5.74, 6) is 0. The van der Waals surface area contributed by atoms with Gasteiger partial charge in [0.2, 0.25) is 0 Å². The number of alkyl carbamates (subject to hydrolysis) is 1. The summed E-state index contributed by atoms with van der Waals surface area (Å²) in [5.41, 5.74) is 0. The van der Waals surface area contributed by atoms with E-state index in [9.17, 15) is 4.79 Å². The highest BCUT2D eigenvalue weighted by atomic mass is 80.0. The molecule has 0 bridgehead atoms. The Morgan fingerprint density at radius 3 is 2.58 bits per heavy atom. The monoisotopic (exact) mass is 362 g/mol. The van der Waals surface area contributed by atoms with Gasteiger partial charge in [0, 0.05) is 0 Å². The Labute approximate surface area is 96.3 Å². The lowest BCUT2D eigenvalue weighted by molar-refractivity contribution is 0.154. The van der Waals surface area contributed by atoms with Crippen LogP contribution in [0.3, 0.4) is 0 Å². The Morgan fingerprint density at radius 2 is 2.17 bits per heavy atom. The van der Waals surface area contributed by atoms with Gasteiger partial charge in [-0.3, -0.25) is 0 Å². The highest BCUT2D eigenvalue weighted by Gasteiger charge is 2.19. The van der Waals surface area contributed by atoms with Crippen molar-refractivity contribution in [2.75, 3.05) is 6.61 Å². The fourth-order valence-electron chi connectivity index (χ4n) is 0.316. The quantitative estimate of drug-likeness (QED) is 0.782. The zero-order valence-corrected chi connectivity index (χ0v) is 10.8. The van der Waals surface area contributed by atoms with Gasteiger partial charge in [0.15, 0.2) is 2.14 Å². The Kier molecular flexibility index (Phi) is 6.21. The van der Waals surface area contributed by atoms with Crippen molar-refractivity contribution in [1.29, 1.82) is 0 Å². The molecule has 1 N–H and O–H groups in total. The zero-order valence-electron chi connectivity index (χ0n) is 6.02. The summed E-state index contributed by atoms with van der Waals surface area (Å²) in [6, 6.07) is 0. The first-order valence-corrected chi connectivity index (χ1v) is 5.28. The average molecular weight is 365 g/mol. The second kappa shape index (κ2) is 5.99. The molecule has 0 atom stereocenters. The first kappa shape index (κ1) is 12.4. The van der Waals surface area contributed by atoms with Gasteiger partial charge in [0.25, 0.3) is 0 Å². The van der Waals surface area contributed by atoms with Crippen LogP contribution in [0.5, 0.6) is 0 Å². The lowest BCUT2D eigenvalue weighted by Crippen LogP contribution is -2.24. The maximum atomic E-state index is 10.8. The molecule has 0 aromatic heterocycles. The molecular formula is C6H7Br3NO2. The molecule has 3 nitrogen and oxygen atoms in total. The van der Waals surface area contributed by atoms with Crippen molar-refractivity contribution in [3.8, 4) is 0 Å². The molecule has 0 saturated heterocycles. The maximum absolute atomic E-state index is 10.8. The van der Waals surface area contributed by atoms with Gasteiger partial charge in [0.05, 0.1) is 6.54 Å². The number of alkyl halides is 3. The van der Waals surface area contributed by atoms with Gasteiger partial charge in [-0.25, -0.2) is 4.79 Å². The van der Waals surface area contributed by atoms with E-state index in [-0.39, 0.29) is 6.61 Å². The van der Waals surface area contributed by atoms with Crippen molar-refractivity contribution in [1.82, 2.24) is 5.32 Å². The smallest absolute Gasteiger partial charge is 0.407 e. The molecule has 12 heavy (non-hydrogen) atoms. The lowest BCUT2D eigenvalue weighted by Gasteiger charge is -2.11. The van der Waals surface area contributed by atoms with Gasteiger partial charge in [0.1, 0.15) is 6.61 Å². The third-order valence-electron chi connectivity index (χ3n) is 0.686. The fourth-order valence-corrected chi connectivity index (χ4v) is 0.659. The van der Waals surface area contributed by atoms with Crippen molar-refractivity contribution < 1.29 is 9.53 Å². The van der Waals surface area contributed by atoms with Crippen molar-refractivity contribution >= 4 is 53.9 Å². The van der Waals surface area contributed by atoms with E-state index in [0.29, 0.717) is 0 Å². The summed E-state index contributed by atoms with van der Waals surface area (Å²) < 4.78 is 4.18. The van der Waals surface area contributed by atoms with E-state index >= 15 is 0 Å². The van der Waals surface area contributed by atoms with Crippen LogP contribution in [0.4, 0.5) is 4.79 Å². The topological polar surface area (TPSA) is 38.3 Å². The highest BCUT2D eigenvalue weighted by Crippen LogP contribution is 2.33. The molecule has 6 heteroatoms. The number of ether oxygens (including phenoxy) is 1. The number of amides is 1. The number of halogens is 3. The van der Waals surface area contributed by atoms with Crippen LogP contribution in [0.15, 0.2) is 12.7 Å². The second-order valence-electron chi connectivity index (χ2n) is 1.74. The Morgan fingerprint density at radius 1 is 1.58 bits per heavy atom. The molecule has 0 unspecified atom stereocenters. The van der Waals surface area contributed by atoms with Crippen LogP contribution in [-0.4, -0.2) is 14.8 Å². The van der Waals surface area contributed by atoms with Crippen LogP contribution in [-0.2, 0) is 4.74 Å². The van der Waals surface area contributed by atoms with Crippen LogP contribution in [0, 0.1) is 6.54 Å².